The van der Waals surface area contributed by atoms with Crippen LogP contribution in [0.3, 0.4) is 0 Å². The van der Waals surface area contributed by atoms with E-state index in [1.807, 2.05) is 7.05 Å². The Hall–Kier alpha value is -3.13. The lowest BCUT2D eigenvalue weighted by atomic mass is 10.1. The van der Waals surface area contributed by atoms with Crippen LogP contribution < -0.4 is 15.4 Å². The number of benzene rings is 1. The molecule has 0 aliphatic heterocycles. The average Bonchev–Trinajstić information content (AvgIpc) is 3.61. The third kappa shape index (κ3) is 8.19. The Labute approximate surface area is 238 Å². The summed E-state index contributed by atoms with van der Waals surface area (Å²) in [5, 5.41) is 10.4. The molecule has 13 heteroatoms. The Morgan fingerprint density at radius 3 is 2.58 bits per heavy atom. The van der Waals surface area contributed by atoms with Gasteiger partial charge in [-0.2, -0.15) is 0 Å². The van der Waals surface area contributed by atoms with Crippen LogP contribution in [0.25, 0.3) is 10.3 Å². The van der Waals surface area contributed by atoms with E-state index in [1.54, 1.807) is 24.3 Å². The van der Waals surface area contributed by atoms with Crippen LogP contribution in [0.5, 0.6) is 5.88 Å². The largest absolute Gasteiger partial charge is 0.478 e. The van der Waals surface area contributed by atoms with Gasteiger partial charge in [0.1, 0.15) is 16.5 Å². The number of aromatic nitrogens is 2. The number of carbonyl (C=O) groups excluding carboxylic acids is 1. The molecule has 3 aromatic rings. The Morgan fingerprint density at radius 2 is 1.85 bits per heavy atom. The number of sulfone groups is 1. The summed E-state index contributed by atoms with van der Waals surface area (Å²) in [5.41, 5.74) is 1.10. The number of pyridine rings is 1. The first-order valence-electron chi connectivity index (χ1n) is 13.3. The van der Waals surface area contributed by atoms with E-state index in [-0.39, 0.29) is 22.5 Å². The van der Waals surface area contributed by atoms with E-state index >= 15 is 0 Å². The maximum atomic E-state index is 13.4. The predicted molar refractivity (Wildman–Crippen MR) is 155 cm³/mol. The van der Waals surface area contributed by atoms with Crippen LogP contribution in [-0.4, -0.2) is 75.8 Å². The van der Waals surface area contributed by atoms with Gasteiger partial charge >= 0.3 is 0 Å². The number of ether oxygens (including phenoxy) is 2. The predicted octanol–water partition coefficient (Wildman–Crippen LogP) is 3.79. The Morgan fingerprint density at radius 1 is 1.07 bits per heavy atom. The van der Waals surface area contributed by atoms with Crippen molar-refractivity contribution in [3.05, 3.63) is 42.0 Å². The molecule has 1 aliphatic carbocycles. The monoisotopic (exact) mass is 589 g/mol. The number of nitrogens with one attached hydrogen (secondary N) is 2. The van der Waals surface area contributed by atoms with E-state index in [9.17, 15) is 13.2 Å². The second-order valence-electron chi connectivity index (χ2n) is 9.39. The molecule has 1 aromatic carbocycles. The van der Waals surface area contributed by atoms with Crippen molar-refractivity contribution >= 4 is 48.3 Å². The standard InChI is InChI=1S/C27H35N5O6S2/c1-28-15-5-17-37-23-14-13-22-26(30-23)39-27(29-22)31-25(33)24(32-38-20-7-3-4-8-20)19-9-11-21(12-10-19)40(34,35)18-6-16-36-2/h9-14,20,28H,3-8,15-18H2,1-2H3,(H,29,31,33)/b32-24+. The molecule has 1 saturated carbocycles. The number of carbonyl (C=O) groups is 1. The average molecular weight is 590 g/mol. The molecule has 4 rings (SSSR count). The zero-order chi connectivity index (χ0) is 28.4. The molecule has 2 N–H and O–H groups in total. The lowest BCUT2D eigenvalue weighted by Crippen LogP contribution is -2.25. The second-order valence-corrected chi connectivity index (χ2v) is 12.5. The first-order chi connectivity index (χ1) is 19.4. The fourth-order valence-electron chi connectivity index (χ4n) is 4.19. The van der Waals surface area contributed by atoms with Crippen LogP contribution >= 0.6 is 11.3 Å². The van der Waals surface area contributed by atoms with Crippen LogP contribution in [0.1, 0.15) is 44.1 Å². The summed E-state index contributed by atoms with van der Waals surface area (Å²) >= 11 is 1.22. The fourth-order valence-corrected chi connectivity index (χ4v) is 6.30. The highest BCUT2D eigenvalue weighted by atomic mass is 32.2. The van der Waals surface area contributed by atoms with Crippen molar-refractivity contribution in [1.29, 1.82) is 0 Å². The molecule has 1 aliphatic rings. The van der Waals surface area contributed by atoms with Gasteiger partial charge in [-0.15, -0.1) is 0 Å². The molecule has 0 unspecified atom stereocenters. The number of amides is 1. The van der Waals surface area contributed by atoms with E-state index in [0.717, 1.165) is 38.6 Å². The molecule has 2 heterocycles. The summed E-state index contributed by atoms with van der Waals surface area (Å²) < 4.78 is 36.0. The topological polar surface area (TPSA) is 141 Å². The van der Waals surface area contributed by atoms with Gasteiger partial charge in [-0.05, 0) is 70.3 Å². The Balaban J connectivity index is 1.51. The highest BCUT2D eigenvalue weighted by Gasteiger charge is 2.22. The van der Waals surface area contributed by atoms with Crippen molar-refractivity contribution in [3.8, 4) is 5.88 Å². The highest BCUT2D eigenvalue weighted by Crippen LogP contribution is 2.27. The molecule has 0 radical (unpaired) electrons. The van der Waals surface area contributed by atoms with Crippen LogP contribution in [0.15, 0.2) is 46.4 Å². The zero-order valence-electron chi connectivity index (χ0n) is 22.7. The molecule has 40 heavy (non-hydrogen) atoms. The van der Waals surface area contributed by atoms with Gasteiger partial charge in [0, 0.05) is 25.3 Å². The van der Waals surface area contributed by atoms with Crippen LogP contribution in [-0.2, 0) is 24.2 Å². The first-order valence-corrected chi connectivity index (χ1v) is 15.8. The minimum atomic E-state index is -3.48. The molecule has 0 saturated heterocycles. The van der Waals surface area contributed by atoms with Gasteiger partial charge in [-0.3, -0.25) is 10.1 Å². The van der Waals surface area contributed by atoms with Crippen molar-refractivity contribution in [2.45, 2.75) is 49.5 Å². The summed E-state index contributed by atoms with van der Waals surface area (Å²) in [4.78, 5) is 28.9. The molecular weight excluding hydrogens is 554 g/mol. The molecule has 11 nitrogen and oxygen atoms in total. The zero-order valence-corrected chi connectivity index (χ0v) is 24.4. The Bertz CT molecular complexity index is 1400. The lowest BCUT2D eigenvalue weighted by molar-refractivity contribution is -0.110. The normalized spacial score (nSPS) is 14.5. The van der Waals surface area contributed by atoms with Gasteiger partial charge in [-0.25, -0.2) is 18.4 Å². The van der Waals surface area contributed by atoms with Gasteiger partial charge in [-0.1, -0.05) is 28.6 Å². The number of thiazole rings is 1. The van der Waals surface area contributed by atoms with Crippen LogP contribution in [0.4, 0.5) is 5.13 Å². The summed E-state index contributed by atoms with van der Waals surface area (Å²) in [6.07, 6.45) is 5.05. The van der Waals surface area contributed by atoms with E-state index in [0.29, 0.717) is 46.6 Å². The highest BCUT2D eigenvalue weighted by molar-refractivity contribution is 7.91. The van der Waals surface area contributed by atoms with Gasteiger partial charge < -0.3 is 19.6 Å². The van der Waals surface area contributed by atoms with Crippen molar-refractivity contribution in [2.75, 3.05) is 45.0 Å². The summed E-state index contributed by atoms with van der Waals surface area (Å²) in [5.74, 6) is -0.0493. The Kier molecular flexibility index (Phi) is 10.8. The molecule has 0 bridgehead atoms. The van der Waals surface area contributed by atoms with E-state index in [4.69, 9.17) is 14.3 Å². The maximum Gasteiger partial charge on any atom is 0.280 e. The summed E-state index contributed by atoms with van der Waals surface area (Å²) in [6, 6.07) is 9.64. The molecule has 1 fully saturated rings. The van der Waals surface area contributed by atoms with Crippen molar-refractivity contribution in [3.63, 3.8) is 0 Å². The van der Waals surface area contributed by atoms with Gasteiger partial charge in [0.25, 0.3) is 5.91 Å². The maximum absolute atomic E-state index is 13.4. The smallest absolute Gasteiger partial charge is 0.280 e. The van der Waals surface area contributed by atoms with E-state index in [2.05, 4.69) is 25.8 Å². The van der Waals surface area contributed by atoms with E-state index in [1.165, 1.54) is 30.6 Å². The third-order valence-electron chi connectivity index (χ3n) is 6.33. The summed E-state index contributed by atoms with van der Waals surface area (Å²) in [7, 11) is -0.0554. The number of rotatable bonds is 15. The number of fused-ring (bicyclic) bond motifs is 1. The molecule has 2 aromatic heterocycles. The van der Waals surface area contributed by atoms with Crippen molar-refractivity contribution in [1.82, 2.24) is 15.3 Å². The molecule has 0 atom stereocenters. The number of oxime groups is 1. The minimum Gasteiger partial charge on any atom is -0.478 e. The van der Waals surface area contributed by atoms with Crippen molar-refractivity contribution < 1.29 is 27.5 Å². The molecule has 1 amide bonds. The van der Waals surface area contributed by atoms with Crippen LogP contribution in [0, 0.1) is 0 Å². The van der Waals surface area contributed by atoms with Gasteiger partial charge in [0.05, 0.1) is 17.3 Å². The van der Waals surface area contributed by atoms with E-state index < -0.39 is 15.7 Å². The number of nitrogens with zero attached hydrogens (tertiary/aromatic N) is 3. The molecular formula is C27H35N5O6S2. The number of methoxy groups -OCH3 is 1. The third-order valence-corrected chi connectivity index (χ3v) is 9.03. The lowest BCUT2D eigenvalue weighted by Gasteiger charge is -2.11. The quantitative estimate of drug-likeness (QED) is 0.154. The van der Waals surface area contributed by atoms with Crippen LogP contribution in [0.2, 0.25) is 0 Å². The molecule has 0 spiro atoms. The minimum absolute atomic E-state index is 0.0270. The number of anilines is 1. The van der Waals surface area contributed by atoms with Crippen molar-refractivity contribution in [2.24, 2.45) is 5.16 Å². The summed E-state index contributed by atoms with van der Waals surface area (Å²) in [6.45, 7) is 1.75. The van der Waals surface area contributed by atoms with Gasteiger partial charge in [0.15, 0.2) is 20.7 Å². The first kappa shape index (κ1) is 29.8. The number of hydrogen-bond acceptors (Lipinski definition) is 11. The SMILES string of the molecule is CNCCCOc1ccc2nc(NC(=O)/C(=N/OC3CCCC3)c3ccc(S(=O)(=O)CCCOC)cc3)sc2n1. The van der Waals surface area contributed by atoms with Gasteiger partial charge in [0.2, 0.25) is 5.88 Å². The molecule has 216 valence electrons. The number of hydrogen-bond donors (Lipinski definition) is 2. The fraction of sp³-hybridized carbons (Fsp3) is 0.481. The second kappa shape index (κ2) is 14.5.